The summed E-state index contributed by atoms with van der Waals surface area (Å²) in [6, 6.07) is 0. The number of carbonyl (C=O) groups is 1. The molecule has 4 rings (SSSR count). The molecule has 0 aromatic heterocycles. The average Bonchev–Trinajstić information content (AvgIpc) is 3.20. The molecule has 382 valence electrons. The van der Waals surface area contributed by atoms with Crippen LogP contribution in [-0.2, 0) is 91.6 Å². The SMILES string of the molecule is CO[C@H]1OC(CO)[C@@H](O)[C@H](O[C@@H]2OC(C)[C@@H](C)[C@H](C)C2OC(=O)C(C)(C)C)C1C.CO[C@H]1OC(COS(=O)(=O)[O-])[CH-][C@H](O[C@@H]2O[CH-][C@@H](O)[C@H](O)C2O)C1C.O=C=O.O=C=O.O=S(=O)([O-])O.[Na+].[Na+].[Na+]. The van der Waals surface area contributed by atoms with Crippen LogP contribution in [0.25, 0.3) is 0 Å². The average molecular weight is 1060 g/mol. The van der Waals surface area contributed by atoms with Crippen molar-refractivity contribution in [3.8, 4) is 0 Å². The second kappa shape index (κ2) is 35.6. The van der Waals surface area contributed by atoms with E-state index in [2.05, 4.69) is 11.1 Å². The Morgan fingerprint density at radius 1 is 0.706 bits per heavy atom. The van der Waals surface area contributed by atoms with Gasteiger partial charge in [0.2, 0.25) is 20.8 Å². The number of aliphatic hydroxyl groups is 5. The Labute approximate surface area is 461 Å². The molecule has 0 saturated carbocycles. The molecule has 27 nitrogen and oxygen atoms in total. The summed E-state index contributed by atoms with van der Waals surface area (Å²) >= 11 is 0. The molecular formula is C36H60Na3O27S2-. The van der Waals surface area contributed by atoms with Crippen LogP contribution in [0.5, 0.6) is 0 Å². The standard InChI is InChI=1S/C21H38O8.C13H22O11S.2CO2.3Na.H2O4S/c1-10-11(2)17(29-20(24)21(5,6)7)19(26-13(10)4)28-16-12(3)18(25-8)27-14(9-22)15(16)23;1-6-9(24-13-11(16)10(15)8(14)5-21-13)3-7(23-12(6)20-2)4-22-25(17,18)19;2*2-1-3;;;;1-5(2,3)4/h10-19,22-23H,9H2,1-8H3;3,5-16H,4H2,1-2H3,(H,17,18,19);;;;;;(H2,1,2,3,4)/q;-2;;;3*+1;/p-2/t10-,11-,12?,13?,14?,15+,16+,17?,18-,19-;6?,7?,8-,9+,10+,11?,12+,13+;;;;;;/m01....../s1. The smallest absolute Gasteiger partial charge is 0.726 e. The third-order valence-corrected chi connectivity index (χ3v) is 10.6. The molecule has 4 saturated heterocycles. The molecule has 4 heterocycles. The van der Waals surface area contributed by atoms with E-state index in [0.29, 0.717) is 0 Å². The maximum atomic E-state index is 12.6. The zero-order valence-electron chi connectivity index (χ0n) is 40.0. The van der Waals surface area contributed by atoms with Gasteiger partial charge < -0.3 is 77.3 Å². The molecule has 6 N–H and O–H groups in total. The largest absolute Gasteiger partial charge is 1.00 e. The van der Waals surface area contributed by atoms with Crippen LogP contribution >= 0.6 is 0 Å². The molecule has 0 aliphatic carbocycles. The molecule has 0 aromatic rings. The summed E-state index contributed by atoms with van der Waals surface area (Å²) in [5, 5.41) is 49.2. The van der Waals surface area contributed by atoms with E-state index in [4.69, 9.17) is 79.3 Å². The molecule has 0 aromatic carbocycles. The van der Waals surface area contributed by atoms with Crippen LogP contribution in [0.4, 0.5) is 0 Å². The minimum Gasteiger partial charge on any atom is -0.726 e. The topological polar surface area (TPSA) is 413 Å². The van der Waals surface area contributed by atoms with Crippen molar-refractivity contribution in [1.29, 1.82) is 0 Å². The predicted molar refractivity (Wildman–Crippen MR) is 204 cm³/mol. The van der Waals surface area contributed by atoms with Gasteiger partial charge in [-0.3, -0.25) is 20.0 Å². The normalized spacial score (nSPS) is 35.6. The summed E-state index contributed by atoms with van der Waals surface area (Å²) in [7, 11) is -6.94. The van der Waals surface area contributed by atoms with Gasteiger partial charge >= 0.3 is 107 Å². The van der Waals surface area contributed by atoms with Crippen molar-refractivity contribution in [2.75, 3.05) is 27.4 Å². The molecule has 4 fully saturated rings. The third-order valence-electron chi connectivity index (χ3n) is 10.1. The number of rotatable bonds is 11. The van der Waals surface area contributed by atoms with Crippen molar-refractivity contribution in [3.05, 3.63) is 13.0 Å². The third kappa shape index (κ3) is 26.6. The van der Waals surface area contributed by atoms with Gasteiger partial charge in [-0.2, -0.15) is 25.8 Å². The zero-order valence-corrected chi connectivity index (χ0v) is 47.7. The van der Waals surface area contributed by atoms with Crippen molar-refractivity contribution in [2.45, 2.75) is 142 Å². The first-order chi connectivity index (χ1) is 29.9. The molecule has 0 bridgehead atoms. The van der Waals surface area contributed by atoms with E-state index in [9.17, 15) is 43.3 Å². The summed E-state index contributed by atoms with van der Waals surface area (Å²) in [4.78, 5) is 45.1. The van der Waals surface area contributed by atoms with Crippen LogP contribution < -0.4 is 88.7 Å². The second-order valence-electron chi connectivity index (χ2n) is 15.8. The molecule has 0 amide bonds. The first kappa shape index (κ1) is 75.0. The van der Waals surface area contributed by atoms with Crippen molar-refractivity contribution in [2.24, 2.45) is 29.1 Å². The number of hydrogen-bond acceptors (Lipinski definition) is 26. The van der Waals surface area contributed by atoms with Crippen LogP contribution in [0.3, 0.4) is 0 Å². The molecular weight excluding hydrogens is 997 g/mol. The van der Waals surface area contributed by atoms with E-state index >= 15 is 0 Å². The van der Waals surface area contributed by atoms with Crippen LogP contribution in [-0.4, -0.2) is 188 Å². The first-order valence-corrected chi connectivity index (χ1v) is 22.0. The molecule has 18 atom stereocenters. The van der Waals surface area contributed by atoms with E-state index < -0.39 is 119 Å². The fraction of sp³-hybridized carbons (Fsp3) is 0.861. The van der Waals surface area contributed by atoms with E-state index in [1.165, 1.54) is 20.6 Å². The van der Waals surface area contributed by atoms with Gasteiger partial charge in [0.05, 0.1) is 36.9 Å². The monoisotopic (exact) mass is 1060 g/mol. The van der Waals surface area contributed by atoms with Crippen molar-refractivity contribution < 1.29 is 215 Å². The Hall–Kier alpha value is 0.450. The maximum absolute atomic E-state index is 12.6. The van der Waals surface area contributed by atoms with Gasteiger partial charge in [0.1, 0.15) is 18.3 Å². The van der Waals surface area contributed by atoms with Crippen LogP contribution in [0.2, 0.25) is 0 Å². The number of hydrogen-bond donors (Lipinski definition) is 6. The van der Waals surface area contributed by atoms with Crippen LogP contribution in [0, 0.1) is 42.1 Å². The minimum absolute atomic E-state index is 0. The van der Waals surface area contributed by atoms with E-state index in [1.54, 1.807) is 27.7 Å². The van der Waals surface area contributed by atoms with E-state index in [1.807, 2.05) is 20.8 Å². The second-order valence-corrected chi connectivity index (χ2v) is 17.7. The Balaban J connectivity index is -0.000000480. The Kier molecular flexibility index (Phi) is 39.3. The molecule has 4 aliphatic rings. The van der Waals surface area contributed by atoms with Gasteiger partial charge in [0.25, 0.3) is 0 Å². The molecule has 0 spiro atoms. The van der Waals surface area contributed by atoms with Gasteiger partial charge in [0.15, 0.2) is 31.3 Å². The van der Waals surface area contributed by atoms with Crippen LogP contribution in [0.15, 0.2) is 0 Å². The number of carbonyl (C=O) groups excluding carboxylic acids is 5. The first-order valence-electron chi connectivity index (χ1n) is 19.4. The fourth-order valence-electron chi connectivity index (χ4n) is 6.31. The molecule has 0 radical (unpaired) electrons. The Bertz CT molecular complexity index is 1660. The predicted octanol–water partition coefficient (Wildman–Crippen LogP) is -11.8. The van der Waals surface area contributed by atoms with Crippen molar-refractivity contribution >= 4 is 39.1 Å². The molecule has 7 unspecified atom stereocenters. The van der Waals surface area contributed by atoms with E-state index in [0.717, 1.165) is 6.61 Å². The zero-order chi connectivity index (χ0) is 50.8. The summed E-state index contributed by atoms with van der Waals surface area (Å²) in [5.41, 5.74) is -0.662. The summed E-state index contributed by atoms with van der Waals surface area (Å²) in [6.45, 7) is 15.0. The van der Waals surface area contributed by atoms with Crippen molar-refractivity contribution in [1.82, 2.24) is 0 Å². The summed E-state index contributed by atoms with van der Waals surface area (Å²) < 4.78 is 119. The van der Waals surface area contributed by atoms with Gasteiger partial charge in [0, 0.05) is 32.0 Å². The van der Waals surface area contributed by atoms with Gasteiger partial charge in [-0.1, -0.05) is 33.8 Å². The minimum atomic E-state index is -4.92. The number of aliphatic hydroxyl groups excluding tert-OH is 5. The van der Waals surface area contributed by atoms with Gasteiger partial charge in [-0.15, -0.1) is 0 Å². The number of methoxy groups -OCH3 is 2. The number of ether oxygens (including phenoxy) is 9. The van der Waals surface area contributed by atoms with E-state index in [-0.39, 0.29) is 137 Å². The quantitative estimate of drug-likeness (QED) is 0.0368. The van der Waals surface area contributed by atoms with Gasteiger partial charge in [-0.05, 0) is 45.8 Å². The Morgan fingerprint density at radius 3 is 1.63 bits per heavy atom. The fourth-order valence-corrected chi connectivity index (χ4v) is 6.61. The van der Waals surface area contributed by atoms with Crippen LogP contribution in [0.1, 0.15) is 55.4 Å². The molecule has 68 heavy (non-hydrogen) atoms. The summed E-state index contributed by atoms with van der Waals surface area (Å²) in [5.74, 6) is -0.914. The molecule has 32 heteroatoms. The van der Waals surface area contributed by atoms with Gasteiger partial charge in [-0.25, -0.2) is 16.8 Å². The maximum Gasteiger partial charge on any atom is 1.00 e. The molecule has 4 aliphatic heterocycles. The number of esters is 1. The summed E-state index contributed by atoms with van der Waals surface area (Å²) in [6.07, 6.45) is -11.1. The Morgan fingerprint density at radius 2 is 1.19 bits per heavy atom. The van der Waals surface area contributed by atoms with Crippen molar-refractivity contribution in [3.63, 3.8) is 0 Å².